The fourth-order valence-electron chi connectivity index (χ4n) is 1.97. The molecule has 0 aliphatic carbocycles. The van der Waals surface area contributed by atoms with Gasteiger partial charge in [-0.1, -0.05) is 29.9 Å². The number of carbonyl (C=O) groups is 1. The second-order valence-corrected chi connectivity index (χ2v) is 8.44. The first-order valence-electron chi connectivity index (χ1n) is 6.57. The van der Waals surface area contributed by atoms with E-state index in [0.717, 1.165) is 23.7 Å². The van der Waals surface area contributed by atoms with Crippen LogP contribution in [0, 0.1) is 0 Å². The van der Waals surface area contributed by atoms with Crippen LogP contribution in [0.4, 0.5) is 5.13 Å². The molecule has 0 saturated heterocycles. The van der Waals surface area contributed by atoms with Crippen LogP contribution in [0.25, 0.3) is 0 Å². The quantitative estimate of drug-likeness (QED) is 0.861. The number of hydrogen-bond donors (Lipinski definition) is 1. The van der Waals surface area contributed by atoms with E-state index in [9.17, 15) is 18.0 Å². The summed E-state index contributed by atoms with van der Waals surface area (Å²) in [6, 6.07) is 1.53. The normalized spacial score (nSPS) is 12.8. The number of thiazole rings is 1. The lowest BCUT2D eigenvalue weighted by atomic mass is 10.2. The summed E-state index contributed by atoms with van der Waals surface area (Å²) in [4.78, 5) is 28.3. The lowest BCUT2D eigenvalue weighted by Crippen LogP contribution is -2.32. The Bertz CT molecular complexity index is 889. The summed E-state index contributed by atoms with van der Waals surface area (Å²) in [5.41, 5.74) is -0.563. The van der Waals surface area contributed by atoms with Crippen LogP contribution in [0.2, 0.25) is 4.34 Å². The van der Waals surface area contributed by atoms with Gasteiger partial charge in [-0.2, -0.15) is 0 Å². The van der Waals surface area contributed by atoms with E-state index in [1.807, 2.05) is 0 Å². The van der Waals surface area contributed by atoms with Crippen LogP contribution >= 0.6 is 22.9 Å². The summed E-state index contributed by atoms with van der Waals surface area (Å²) >= 11 is 6.86. The minimum atomic E-state index is -3.48. The van der Waals surface area contributed by atoms with E-state index in [2.05, 4.69) is 10.3 Å². The molecule has 2 aromatic rings. The third-order valence-corrected chi connectivity index (χ3v) is 5.22. The van der Waals surface area contributed by atoms with Crippen molar-refractivity contribution in [3.63, 3.8) is 0 Å². The lowest BCUT2D eigenvalue weighted by molar-refractivity contribution is -0.119. The van der Waals surface area contributed by atoms with Gasteiger partial charge in [-0.3, -0.25) is 9.59 Å². The Morgan fingerprint density at radius 3 is 2.70 bits per heavy atom. The van der Waals surface area contributed by atoms with Crippen LogP contribution < -0.4 is 10.9 Å². The van der Waals surface area contributed by atoms with Gasteiger partial charge in [0, 0.05) is 18.5 Å². The second-order valence-electron chi connectivity index (χ2n) is 4.76. The fourth-order valence-corrected chi connectivity index (χ4v) is 3.41. The molecule has 2 rings (SSSR count). The van der Waals surface area contributed by atoms with Crippen molar-refractivity contribution in [2.75, 3.05) is 11.6 Å². The lowest BCUT2D eigenvalue weighted by Gasteiger charge is -2.17. The van der Waals surface area contributed by atoms with Gasteiger partial charge in [0.2, 0.25) is 5.91 Å². The maximum absolute atomic E-state index is 12.3. The van der Waals surface area contributed by atoms with Gasteiger partial charge in [0.1, 0.15) is 10.4 Å². The SMILES string of the molecule is CCC(C(=O)Nc1ncc(Cl)s1)n1ccc(S(C)(=O)=O)cc1=O. The van der Waals surface area contributed by atoms with Crippen molar-refractivity contribution in [1.82, 2.24) is 9.55 Å². The summed E-state index contributed by atoms with van der Waals surface area (Å²) in [5.74, 6) is -0.423. The van der Waals surface area contributed by atoms with Crippen LogP contribution in [0.3, 0.4) is 0 Å². The monoisotopic (exact) mass is 375 g/mol. The summed E-state index contributed by atoms with van der Waals surface area (Å²) in [6.07, 6.45) is 4.09. The fraction of sp³-hybridized carbons (Fsp3) is 0.308. The molecular weight excluding hydrogens is 362 g/mol. The average Bonchev–Trinajstić information content (AvgIpc) is 2.85. The predicted molar refractivity (Wildman–Crippen MR) is 88.9 cm³/mol. The number of nitrogens with zero attached hydrogens (tertiary/aromatic N) is 2. The third-order valence-electron chi connectivity index (χ3n) is 3.08. The maximum atomic E-state index is 12.3. The average molecular weight is 376 g/mol. The van der Waals surface area contributed by atoms with Gasteiger partial charge in [0.05, 0.1) is 11.1 Å². The molecular formula is C13H14ClN3O4S2. The molecule has 0 bridgehead atoms. The summed E-state index contributed by atoms with van der Waals surface area (Å²) < 4.78 is 24.6. The number of halogens is 1. The third kappa shape index (κ3) is 4.18. The zero-order chi connectivity index (χ0) is 17.2. The molecule has 0 fully saturated rings. The Balaban J connectivity index is 2.30. The molecule has 0 saturated carbocycles. The molecule has 1 amide bonds. The van der Waals surface area contributed by atoms with Crippen molar-refractivity contribution in [2.45, 2.75) is 24.3 Å². The molecule has 2 aromatic heterocycles. The molecule has 0 aliphatic heterocycles. The van der Waals surface area contributed by atoms with Gasteiger partial charge in [0.15, 0.2) is 15.0 Å². The largest absolute Gasteiger partial charge is 0.303 e. The van der Waals surface area contributed by atoms with Crippen molar-refractivity contribution < 1.29 is 13.2 Å². The molecule has 124 valence electrons. The Morgan fingerprint density at radius 1 is 1.52 bits per heavy atom. The van der Waals surface area contributed by atoms with Crippen molar-refractivity contribution in [1.29, 1.82) is 0 Å². The first-order chi connectivity index (χ1) is 10.7. The first kappa shape index (κ1) is 17.6. The number of hydrogen-bond acceptors (Lipinski definition) is 6. The van der Waals surface area contributed by atoms with Gasteiger partial charge in [-0.15, -0.1) is 0 Å². The summed E-state index contributed by atoms with van der Waals surface area (Å²) in [7, 11) is -3.48. The number of pyridine rings is 1. The highest BCUT2D eigenvalue weighted by molar-refractivity contribution is 7.90. The van der Waals surface area contributed by atoms with Gasteiger partial charge in [0.25, 0.3) is 5.56 Å². The van der Waals surface area contributed by atoms with E-state index in [1.165, 1.54) is 23.0 Å². The van der Waals surface area contributed by atoms with Crippen LogP contribution in [-0.2, 0) is 14.6 Å². The Hall–Kier alpha value is -1.71. The standard InChI is InChI=1S/C13H14ClN3O4S2/c1-3-9(12(19)16-13-15-7-10(14)22-13)17-5-4-8(6-11(17)18)23(2,20)21/h4-7,9H,3H2,1-2H3,(H,15,16,19). The number of carbonyl (C=O) groups excluding carboxylic acids is 1. The minimum Gasteiger partial charge on any atom is -0.303 e. The van der Waals surface area contributed by atoms with Crippen molar-refractivity contribution in [3.05, 3.63) is 39.2 Å². The van der Waals surface area contributed by atoms with E-state index in [4.69, 9.17) is 11.6 Å². The Morgan fingerprint density at radius 2 is 2.22 bits per heavy atom. The highest BCUT2D eigenvalue weighted by atomic mass is 35.5. The number of anilines is 1. The van der Waals surface area contributed by atoms with Gasteiger partial charge >= 0.3 is 0 Å². The smallest absolute Gasteiger partial charge is 0.252 e. The first-order valence-corrected chi connectivity index (χ1v) is 9.65. The molecule has 0 radical (unpaired) electrons. The van der Waals surface area contributed by atoms with Crippen molar-refractivity contribution in [3.8, 4) is 0 Å². The molecule has 23 heavy (non-hydrogen) atoms. The number of aromatic nitrogens is 2. The van der Waals surface area contributed by atoms with E-state index < -0.39 is 27.3 Å². The van der Waals surface area contributed by atoms with E-state index >= 15 is 0 Å². The second kappa shape index (κ2) is 6.81. The van der Waals surface area contributed by atoms with E-state index in [1.54, 1.807) is 6.92 Å². The number of rotatable bonds is 5. The molecule has 1 unspecified atom stereocenters. The molecule has 1 N–H and O–H groups in total. The predicted octanol–water partition coefficient (Wildman–Crippen LogP) is 1.95. The van der Waals surface area contributed by atoms with Gasteiger partial charge < -0.3 is 9.88 Å². The molecule has 10 heteroatoms. The zero-order valence-corrected chi connectivity index (χ0v) is 14.7. The highest BCUT2D eigenvalue weighted by Crippen LogP contribution is 2.23. The van der Waals surface area contributed by atoms with Crippen molar-refractivity contribution in [2.24, 2.45) is 0 Å². The maximum Gasteiger partial charge on any atom is 0.252 e. The Labute approximate surface area is 141 Å². The molecule has 0 aliphatic rings. The van der Waals surface area contributed by atoms with Crippen LogP contribution in [0.5, 0.6) is 0 Å². The van der Waals surface area contributed by atoms with Crippen LogP contribution in [-0.4, -0.2) is 30.1 Å². The summed E-state index contributed by atoms with van der Waals surface area (Å²) in [5, 5.41) is 2.92. The zero-order valence-electron chi connectivity index (χ0n) is 12.3. The summed E-state index contributed by atoms with van der Waals surface area (Å²) in [6.45, 7) is 1.75. The molecule has 7 nitrogen and oxygen atoms in total. The number of sulfone groups is 1. The van der Waals surface area contributed by atoms with Gasteiger partial charge in [-0.05, 0) is 12.5 Å². The minimum absolute atomic E-state index is 0.0827. The van der Waals surface area contributed by atoms with Crippen LogP contribution in [0.1, 0.15) is 19.4 Å². The van der Waals surface area contributed by atoms with Gasteiger partial charge in [-0.25, -0.2) is 13.4 Å². The number of amides is 1. The van der Waals surface area contributed by atoms with Crippen LogP contribution in [0.15, 0.2) is 34.2 Å². The molecule has 0 spiro atoms. The number of nitrogens with one attached hydrogen (secondary N) is 1. The topological polar surface area (TPSA) is 98.1 Å². The highest BCUT2D eigenvalue weighted by Gasteiger charge is 2.21. The van der Waals surface area contributed by atoms with E-state index in [0.29, 0.717) is 15.9 Å². The Kier molecular flexibility index (Phi) is 5.23. The molecule has 2 heterocycles. The molecule has 0 aromatic carbocycles. The van der Waals surface area contributed by atoms with E-state index in [-0.39, 0.29) is 4.90 Å². The molecule has 1 atom stereocenters. The van der Waals surface area contributed by atoms with Crippen molar-refractivity contribution >= 4 is 43.8 Å².